The lowest BCUT2D eigenvalue weighted by Crippen LogP contribution is -1.97. The summed E-state index contributed by atoms with van der Waals surface area (Å²) < 4.78 is 1.90. The van der Waals surface area contributed by atoms with Gasteiger partial charge in [0, 0.05) is 10.6 Å². The van der Waals surface area contributed by atoms with E-state index in [1.165, 1.54) is 4.90 Å². The molecule has 1 aromatic heterocycles. The molecule has 0 aliphatic carbocycles. The van der Waals surface area contributed by atoms with Gasteiger partial charge in [-0.3, -0.25) is 4.57 Å². The molecule has 0 N–H and O–H groups in total. The van der Waals surface area contributed by atoms with Gasteiger partial charge < -0.3 is 0 Å². The first-order valence-corrected chi connectivity index (χ1v) is 6.20. The number of hydrogen-bond donors (Lipinski definition) is 0. The van der Waals surface area contributed by atoms with Crippen molar-refractivity contribution in [1.29, 1.82) is 0 Å². The highest BCUT2D eigenvalue weighted by Crippen LogP contribution is 2.19. The predicted octanol–water partition coefficient (Wildman–Crippen LogP) is 2.73. The average molecular weight is 240 g/mol. The fourth-order valence-corrected chi connectivity index (χ4v) is 1.96. The molecule has 1 heterocycles. The quantitative estimate of drug-likeness (QED) is 0.610. The van der Waals surface area contributed by atoms with Gasteiger partial charge in [-0.15, -0.1) is 33.6 Å². The highest BCUT2D eigenvalue weighted by atomic mass is 35.5. The molecule has 0 aliphatic rings. The number of nitrogens with zero attached hydrogens (tertiary/aromatic N) is 3. The number of thioether (sulfide) groups is 1. The summed E-state index contributed by atoms with van der Waals surface area (Å²) in [6.07, 6.45) is 3.73. The van der Waals surface area contributed by atoms with Crippen LogP contribution in [-0.4, -0.2) is 21.0 Å². The summed E-state index contributed by atoms with van der Waals surface area (Å²) in [5.41, 5.74) is 1.04. The molecule has 3 nitrogen and oxygen atoms in total. The molecule has 0 unspecified atom stereocenters. The third-order valence-electron chi connectivity index (χ3n) is 2.07. The number of halogens is 1. The SMILES string of the molecule is CSc1cccc(-n2cnnc2CCl)c1. The third kappa shape index (κ3) is 2.16. The van der Waals surface area contributed by atoms with E-state index < -0.39 is 0 Å². The standard InChI is InChI=1S/C10H10ClN3S/c1-15-9-4-2-3-8(5-9)14-7-12-13-10(14)6-11/h2-5,7H,6H2,1H3. The second-order valence-corrected chi connectivity index (χ2v) is 4.10. The van der Waals surface area contributed by atoms with Crippen LogP contribution in [0.15, 0.2) is 35.5 Å². The molecule has 0 radical (unpaired) electrons. The summed E-state index contributed by atoms with van der Waals surface area (Å²) in [5, 5.41) is 7.79. The van der Waals surface area contributed by atoms with Crippen LogP contribution in [-0.2, 0) is 5.88 Å². The molecule has 78 valence electrons. The number of benzene rings is 1. The van der Waals surface area contributed by atoms with Crippen LogP contribution in [0, 0.1) is 0 Å². The van der Waals surface area contributed by atoms with Gasteiger partial charge in [0.15, 0.2) is 5.82 Å². The summed E-state index contributed by atoms with van der Waals surface area (Å²) in [7, 11) is 0. The van der Waals surface area contributed by atoms with E-state index in [0.29, 0.717) is 5.88 Å². The zero-order valence-electron chi connectivity index (χ0n) is 8.22. The number of hydrogen-bond acceptors (Lipinski definition) is 3. The molecule has 0 bridgehead atoms. The van der Waals surface area contributed by atoms with E-state index >= 15 is 0 Å². The summed E-state index contributed by atoms with van der Waals surface area (Å²) in [6.45, 7) is 0. The Morgan fingerprint density at radius 2 is 2.33 bits per heavy atom. The molecule has 0 fully saturated rings. The summed E-state index contributed by atoms with van der Waals surface area (Å²) in [4.78, 5) is 1.21. The highest BCUT2D eigenvalue weighted by molar-refractivity contribution is 7.98. The van der Waals surface area contributed by atoms with Crippen LogP contribution < -0.4 is 0 Å². The number of rotatable bonds is 3. The van der Waals surface area contributed by atoms with Crippen LogP contribution in [0.25, 0.3) is 5.69 Å². The first kappa shape index (κ1) is 10.5. The van der Waals surface area contributed by atoms with Crippen molar-refractivity contribution < 1.29 is 0 Å². The van der Waals surface area contributed by atoms with Crippen molar-refractivity contribution in [1.82, 2.24) is 14.8 Å². The first-order chi connectivity index (χ1) is 7.35. The minimum absolute atomic E-state index is 0.365. The predicted molar refractivity (Wildman–Crippen MR) is 62.7 cm³/mol. The zero-order chi connectivity index (χ0) is 10.7. The van der Waals surface area contributed by atoms with Gasteiger partial charge in [-0.1, -0.05) is 6.07 Å². The van der Waals surface area contributed by atoms with Crippen LogP contribution in [0.4, 0.5) is 0 Å². The Bertz CT molecular complexity index is 455. The minimum atomic E-state index is 0.365. The Kier molecular flexibility index (Phi) is 3.28. The van der Waals surface area contributed by atoms with Gasteiger partial charge in [0.25, 0.3) is 0 Å². The third-order valence-corrected chi connectivity index (χ3v) is 3.03. The molecule has 1 aromatic carbocycles. The Hall–Kier alpha value is -1.00. The molecule has 2 aromatic rings. The zero-order valence-corrected chi connectivity index (χ0v) is 9.79. The van der Waals surface area contributed by atoms with E-state index in [2.05, 4.69) is 22.3 Å². The maximum atomic E-state index is 5.77. The van der Waals surface area contributed by atoms with Gasteiger partial charge in [-0.25, -0.2) is 0 Å². The lowest BCUT2D eigenvalue weighted by atomic mass is 10.3. The van der Waals surface area contributed by atoms with Gasteiger partial charge in [0.2, 0.25) is 0 Å². The molecule has 0 saturated heterocycles. The fraction of sp³-hybridized carbons (Fsp3) is 0.200. The van der Waals surface area contributed by atoms with Crippen molar-refractivity contribution in [3.05, 3.63) is 36.4 Å². The van der Waals surface area contributed by atoms with Gasteiger partial charge in [-0.2, -0.15) is 0 Å². The molecular weight excluding hydrogens is 230 g/mol. The molecule has 0 aliphatic heterocycles. The van der Waals surface area contributed by atoms with E-state index in [4.69, 9.17) is 11.6 Å². The molecule has 2 rings (SSSR count). The summed E-state index contributed by atoms with van der Waals surface area (Å²) in [6, 6.07) is 8.18. The molecule has 0 spiro atoms. The monoisotopic (exact) mass is 239 g/mol. The maximum Gasteiger partial charge on any atom is 0.152 e. The topological polar surface area (TPSA) is 30.7 Å². The molecule has 0 amide bonds. The minimum Gasteiger partial charge on any atom is -0.285 e. The Morgan fingerprint density at radius 1 is 1.47 bits per heavy atom. The van der Waals surface area contributed by atoms with Crippen molar-refractivity contribution in [2.75, 3.05) is 6.26 Å². The first-order valence-electron chi connectivity index (χ1n) is 4.44. The normalized spacial score (nSPS) is 10.5. The van der Waals surface area contributed by atoms with Crippen molar-refractivity contribution in [3.8, 4) is 5.69 Å². The maximum absolute atomic E-state index is 5.77. The van der Waals surface area contributed by atoms with Gasteiger partial charge in [0.1, 0.15) is 6.33 Å². The van der Waals surface area contributed by atoms with Crippen LogP contribution >= 0.6 is 23.4 Å². The number of alkyl halides is 1. The van der Waals surface area contributed by atoms with Gasteiger partial charge >= 0.3 is 0 Å². The van der Waals surface area contributed by atoms with E-state index in [-0.39, 0.29) is 0 Å². The van der Waals surface area contributed by atoms with Crippen molar-refractivity contribution in [3.63, 3.8) is 0 Å². The van der Waals surface area contributed by atoms with Crippen LogP contribution in [0.5, 0.6) is 0 Å². The summed E-state index contributed by atoms with van der Waals surface area (Å²) >= 11 is 7.47. The Labute approximate surface area is 97.5 Å². The summed E-state index contributed by atoms with van der Waals surface area (Å²) in [5.74, 6) is 1.12. The van der Waals surface area contributed by atoms with Crippen molar-refractivity contribution in [2.24, 2.45) is 0 Å². The average Bonchev–Trinajstić information content (AvgIpc) is 2.77. The van der Waals surface area contributed by atoms with E-state index in [1.54, 1.807) is 18.1 Å². The van der Waals surface area contributed by atoms with Crippen LogP contribution in [0.1, 0.15) is 5.82 Å². The van der Waals surface area contributed by atoms with Crippen molar-refractivity contribution >= 4 is 23.4 Å². The van der Waals surface area contributed by atoms with E-state index in [0.717, 1.165) is 11.5 Å². The van der Waals surface area contributed by atoms with E-state index in [1.807, 2.05) is 23.0 Å². The van der Waals surface area contributed by atoms with Crippen molar-refractivity contribution in [2.45, 2.75) is 10.8 Å². The number of aromatic nitrogens is 3. The Balaban J connectivity index is 2.44. The second kappa shape index (κ2) is 4.68. The van der Waals surface area contributed by atoms with Crippen LogP contribution in [0.2, 0.25) is 0 Å². The molecular formula is C10H10ClN3S. The van der Waals surface area contributed by atoms with Gasteiger partial charge in [0.05, 0.1) is 5.88 Å². The molecule has 15 heavy (non-hydrogen) atoms. The largest absolute Gasteiger partial charge is 0.285 e. The van der Waals surface area contributed by atoms with Crippen LogP contribution in [0.3, 0.4) is 0 Å². The fourth-order valence-electron chi connectivity index (χ4n) is 1.33. The molecule has 5 heteroatoms. The lowest BCUT2D eigenvalue weighted by Gasteiger charge is -2.05. The highest BCUT2D eigenvalue weighted by Gasteiger charge is 2.04. The Morgan fingerprint density at radius 3 is 3.07 bits per heavy atom. The smallest absolute Gasteiger partial charge is 0.152 e. The second-order valence-electron chi connectivity index (χ2n) is 2.95. The lowest BCUT2D eigenvalue weighted by molar-refractivity contribution is 0.948. The molecule has 0 atom stereocenters. The molecule has 0 saturated carbocycles. The van der Waals surface area contributed by atoms with E-state index in [9.17, 15) is 0 Å². The van der Waals surface area contributed by atoms with Gasteiger partial charge in [-0.05, 0) is 24.5 Å².